The maximum Gasteiger partial charge on any atom is 0.389 e. The summed E-state index contributed by atoms with van der Waals surface area (Å²) in [4.78, 5) is 21.0. The summed E-state index contributed by atoms with van der Waals surface area (Å²) in [5.74, 6) is -4.52. The van der Waals surface area contributed by atoms with Crippen LogP contribution in [0.5, 0.6) is 0 Å². The van der Waals surface area contributed by atoms with Crippen LogP contribution in [0, 0.1) is 5.92 Å². The highest BCUT2D eigenvalue weighted by Gasteiger charge is 2.34. The highest BCUT2D eigenvalue weighted by molar-refractivity contribution is 5.93. The molecule has 0 saturated carbocycles. The fourth-order valence-corrected chi connectivity index (χ4v) is 0.792. The Morgan fingerprint density at radius 2 is 1.93 bits per heavy atom. The van der Waals surface area contributed by atoms with Crippen LogP contribution in [-0.4, -0.2) is 30.3 Å². The Morgan fingerprint density at radius 3 is 2.21 bits per heavy atom. The van der Waals surface area contributed by atoms with E-state index < -0.39 is 36.9 Å². The van der Waals surface area contributed by atoms with Crippen LogP contribution in [0.15, 0.2) is 0 Å². The van der Waals surface area contributed by atoms with Gasteiger partial charge in [-0.05, 0) is 6.42 Å². The molecule has 0 aromatic carbocycles. The molecule has 0 fully saturated rings. The molecule has 0 bridgehead atoms. The molecule has 0 aliphatic heterocycles. The third-order valence-corrected chi connectivity index (χ3v) is 1.50. The second-order valence-corrected chi connectivity index (χ2v) is 2.57. The van der Waals surface area contributed by atoms with Crippen molar-refractivity contribution < 1.29 is 32.6 Å². The van der Waals surface area contributed by atoms with Gasteiger partial charge in [-0.2, -0.15) is 13.2 Å². The molecule has 0 spiro atoms. The highest BCUT2D eigenvalue weighted by Crippen LogP contribution is 2.24. The lowest BCUT2D eigenvalue weighted by Crippen LogP contribution is -2.26. The molecule has 0 aliphatic rings. The number of methoxy groups -OCH3 is 1. The number of aliphatic carboxylic acids is 1. The average Bonchev–Trinajstić information content (AvgIpc) is 2.01. The number of alkyl halides is 3. The zero-order chi connectivity index (χ0) is 11.4. The van der Waals surface area contributed by atoms with Crippen LogP contribution in [0.3, 0.4) is 0 Å². The molecular weight excluding hydrogens is 205 g/mol. The molecule has 0 aliphatic carbocycles. The third-order valence-electron chi connectivity index (χ3n) is 1.50. The first-order valence-electron chi connectivity index (χ1n) is 3.65. The van der Waals surface area contributed by atoms with E-state index in [1.165, 1.54) is 0 Å². The number of esters is 1. The second kappa shape index (κ2) is 4.83. The maximum atomic E-state index is 11.7. The Balaban J connectivity index is 4.26. The first kappa shape index (κ1) is 12.7. The molecule has 0 saturated heterocycles. The normalized spacial score (nSPS) is 13.4. The number of carbonyl (C=O) groups excluding carboxylic acids is 1. The van der Waals surface area contributed by atoms with E-state index in [2.05, 4.69) is 4.74 Å². The second-order valence-electron chi connectivity index (χ2n) is 2.57. The van der Waals surface area contributed by atoms with E-state index in [1.54, 1.807) is 0 Å². The summed E-state index contributed by atoms with van der Waals surface area (Å²) in [6, 6.07) is 0. The summed E-state index contributed by atoms with van der Waals surface area (Å²) >= 11 is 0. The van der Waals surface area contributed by atoms with E-state index in [4.69, 9.17) is 5.11 Å². The van der Waals surface area contributed by atoms with E-state index in [1.807, 2.05) is 0 Å². The van der Waals surface area contributed by atoms with Crippen molar-refractivity contribution in [2.45, 2.75) is 19.0 Å². The number of hydrogen-bond acceptors (Lipinski definition) is 3. The van der Waals surface area contributed by atoms with Crippen molar-refractivity contribution in [2.75, 3.05) is 7.11 Å². The summed E-state index contributed by atoms with van der Waals surface area (Å²) in [5.41, 5.74) is 0. The standard InChI is InChI=1S/C7H9F3O4/c1-14-6(13)4(5(11)12)2-3-7(8,9)10/h4H,2-3H2,1H3,(H,11,12). The molecule has 1 unspecified atom stereocenters. The van der Waals surface area contributed by atoms with Crippen molar-refractivity contribution in [2.24, 2.45) is 5.92 Å². The van der Waals surface area contributed by atoms with E-state index in [0.29, 0.717) is 0 Å². The van der Waals surface area contributed by atoms with Crippen LogP contribution in [0.4, 0.5) is 13.2 Å². The predicted molar refractivity (Wildman–Crippen MR) is 38.4 cm³/mol. The van der Waals surface area contributed by atoms with E-state index >= 15 is 0 Å². The lowest BCUT2D eigenvalue weighted by Gasteiger charge is -2.11. The molecule has 0 rings (SSSR count). The number of carboxylic acids is 1. The lowest BCUT2D eigenvalue weighted by molar-refractivity contribution is -0.161. The summed E-state index contributed by atoms with van der Waals surface area (Å²) in [6.07, 6.45) is -6.59. The fourth-order valence-electron chi connectivity index (χ4n) is 0.792. The largest absolute Gasteiger partial charge is 0.481 e. The Labute approximate surface area is 77.7 Å². The molecular formula is C7H9F3O4. The molecule has 0 aromatic rings. The molecule has 1 atom stereocenters. The van der Waals surface area contributed by atoms with Crippen LogP contribution in [-0.2, 0) is 14.3 Å². The van der Waals surface area contributed by atoms with E-state index in [9.17, 15) is 22.8 Å². The Morgan fingerprint density at radius 1 is 1.43 bits per heavy atom. The molecule has 0 amide bonds. The number of carboxylic acid groups (broad SMARTS) is 1. The molecule has 4 nitrogen and oxygen atoms in total. The Hall–Kier alpha value is -1.27. The number of carbonyl (C=O) groups is 2. The van der Waals surface area contributed by atoms with Crippen molar-refractivity contribution in [1.29, 1.82) is 0 Å². The molecule has 0 radical (unpaired) electrons. The molecule has 14 heavy (non-hydrogen) atoms. The van der Waals surface area contributed by atoms with Gasteiger partial charge in [0.25, 0.3) is 0 Å². The Bertz CT molecular complexity index is 223. The summed E-state index contributed by atoms with van der Waals surface area (Å²) < 4.78 is 39.2. The van der Waals surface area contributed by atoms with Crippen LogP contribution in [0.25, 0.3) is 0 Å². The van der Waals surface area contributed by atoms with Crippen molar-refractivity contribution in [3.63, 3.8) is 0 Å². The van der Waals surface area contributed by atoms with Gasteiger partial charge in [-0.25, -0.2) is 0 Å². The number of hydrogen-bond donors (Lipinski definition) is 1. The van der Waals surface area contributed by atoms with E-state index in [0.717, 1.165) is 7.11 Å². The molecule has 7 heteroatoms. The minimum absolute atomic E-state index is 0.800. The number of rotatable bonds is 4. The number of ether oxygens (including phenoxy) is 1. The SMILES string of the molecule is COC(=O)C(CCC(F)(F)F)C(=O)O. The molecule has 1 N–H and O–H groups in total. The Kier molecular flexibility index (Phi) is 4.39. The van der Waals surface area contributed by atoms with Crippen molar-refractivity contribution in [3.8, 4) is 0 Å². The van der Waals surface area contributed by atoms with E-state index in [-0.39, 0.29) is 0 Å². The van der Waals surface area contributed by atoms with Gasteiger partial charge in [-0.15, -0.1) is 0 Å². The summed E-state index contributed by atoms with van der Waals surface area (Å²) in [6.45, 7) is 0. The van der Waals surface area contributed by atoms with Gasteiger partial charge in [0.2, 0.25) is 0 Å². The summed E-state index contributed by atoms with van der Waals surface area (Å²) in [5, 5.41) is 8.40. The monoisotopic (exact) mass is 214 g/mol. The summed E-state index contributed by atoms with van der Waals surface area (Å²) in [7, 11) is 0.922. The molecule has 82 valence electrons. The van der Waals surface area contributed by atoms with Crippen LogP contribution in [0.1, 0.15) is 12.8 Å². The van der Waals surface area contributed by atoms with Crippen molar-refractivity contribution in [3.05, 3.63) is 0 Å². The van der Waals surface area contributed by atoms with Gasteiger partial charge in [-0.3, -0.25) is 9.59 Å². The zero-order valence-electron chi connectivity index (χ0n) is 7.30. The minimum Gasteiger partial charge on any atom is -0.481 e. The quantitative estimate of drug-likeness (QED) is 0.564. The van der Waals surface area contributed by atoms with Gasteiger partial charge in [0.15, 0.2) is 5.92 Å². The molecule has 0 heterocycles. The third kappa shape index (κ3) is 4.68. The smallest absolute Gasteiger partial charge is 0.389 e. The highest BCUT2D eigenvalue weighted by atomic mass is 19.4. The lowest BCUT2D eigenvalue weighted by atomic mass is 10.0. The van der Waals surface area contributed by atoms with Gasteiger partial charge in [0, 0.05) is 6.42 Å². The fraction of sp³-hybridized carbons (Fsp3) is 0.714. The zero-order valence-corrected chi connectivity index (χ0v) is 7.30. The van der Waals surface area contributed by atoms with Gasteiger partial charge in [0.05, 0.1) is 7.11 Å². The minimum atomic E-state index is -4.47. The molecule has 0 aromatic heterocycles. The van der Waals surface area contributed by atoms with Gasteiger partial charge < -0.3 is 9.84 Å². The topological polar surface area (TPSA) is 63.6 Å². The first-order chi connectivity index (χ1) is 6.28. The van der Waals surface area contributed by atoms with Crippen LogP contribution >= 0.6 is 0 Å². The number of halogens is 3. The van der Waals surface area contributed by atoms with Gasteiger partial charge in [-0.1, -0.05) is 0 Å². The van der Waals surface area contributed by atoms with Crippen LogP contribution in [0.2, 0.25) is 0 Å². The van der Waals surface area contributed by atoms with Crippen LogP contribution < -0.4 is 0 Å². The van der Waals surface area contributed by atoms with Gasteiger partial charge >= 0.3 is 18.1 Å². The maximum absolute atomic E-state index is 11.7. The van der Waals surface area contributed by atoms with Gasteiger partial charge in [0.1, 0.15) is 0 Å². The first-order valence-corrected chi connectivity index (χ1v) is 3.65. The van der Waals surface area contributed by atoms with Crippen molar-refractivity contribution in [1.82, 2.24) is 0 Å². The predicted octanol–water partition coefficient (Wildman–Crippen LogP) is 1.20. The average molecular weight is 214 g/mol. The van der Waals surface area contributed by atoms with Crippen molar-refractivity contribution >= 4 is 11.9 Å².